The predicted molar refractivity (Wildman–Crippen MR) is 385 cm³/mol. The Morgan fingerprint density at radius 2 is 0.892 bits per heavy atom. The number of thiol groups is 1. The van der Waals surface area contributed by atoms with Crippen molar-refractivity contribution in [1.29, 1.82) is 21.0 Å². The monoisotopic (exact) mass is 1500 g/mol. The first-order chi connectivity index (χ1) is 48.5. The van der Waals surface area contributed by atoms with Gasteiger partial charge in [0.05, 0.1) is 107 Å². The molecule has 0 amide bonds. The number of hydrogen-bond acceptors (Lipinski definition) is 27. The number of unbranched alkanes of at least 4 members (excludes halogenated alkanes) is 3. The average molecular weight is 1500 g/mol. The summed E-state index contributed by atoms with van der Waals surface area (Å²) in [4.78, 5) is 0. The van der Waals surface area contributed by atoms with Crippen molar-refractivity contribution < 1.29 is 129 Å². The molecule has 5 saturated heterocycles. The van der Waals surface area contributed by atoms with Crippen molar-refractivity contribution in [3.63, 3.8) is 0 Å². The third-order valence-corrected chi connectivity index (χ3v) is 17.9. The van der Waals surface area contributed by atoms with Gasteiger partial charge in [-0.25, -0.2) is 0 Å². The molecule has 30 heteroatoms. The van der Waals surface area contributed by atoms with E-state index >= 15 is 0 Å². The van der Waals surface area contributed by atoms with Crippen LogP contribution in [0.2, 0.25) is 0 Å². The minimum Gasteiger partial charge on any atom is -1.00 e. The summed E-state index contributed by atoms with van der Waals surface area (Å²) >= 11 is 3.46. The van der Waals surface area contributed by atoms with Crippen molar-refractivity contribution >= 4 is 32.6 Å². The molecule has 20 atom stereocenters. The van der Waals surface area contributed by atoms with E-state index < -0.39 is 69.7 Å². The molecule has 0 radical (unpaired) electrons. The van der Waals surface area contributed by atoms with Crippen LogP contribution >= 0.6 is 32.6 Å². The van der Waals surface area contributed by atoms with E-state index in [9.17, 15) is 9.67 Å². The third-order valence-electron chi connectivity index (χ3n) is 16.0. The molecule has 5 fully saturated rings. The first-order valence-electron chi connectivity index (χ1n) is 34.7. The van der Waals surface area contributed by atoms with E-state index in [1.54, 1.807) is 27.0 Å². The first kappa shape index (κ1) is 100. The van der Waals surface area contributed by atoms with Crippen molar-refractivity contribution in [2.75, 3.05) is 59.6 Å². The maximum absolute atomic E-state index is 11.3. The van der Waals surface area contributed by atoms with Gasteiger partial charge in [-0.2, -0.15) is 33.7 Å². The molecule has 102 heavy (non-hydrogen) atoms. The quantitative estimate of drug-likeness (QED) is 0.0192. The van der Waals surface area contributed by atoms with Crippen LogP contribution in [0.25, 0.3) is 0 Å². The van der Waals surface area contributed by atoms with Crippen molar-refractivity contribution in [2.24, 2.45) is 17.8 Å². The predicted octanol–water partition coefficient (Wildman–Crippen LogP) is 5.96. The van der Waals surface area contributed by atoms with Crippen molar-refractivity contribution in [1.82, 2.24) is 0 Å². The van der Waals surface area contributed by atoms with Crippen molar-refractivity contribution in [3.05, 3.63) is 108 Å². The van der Waals surface area contributed by atoms with Gasteiger partial charge in [0.15, 0.2) is 25.2 Å². The molecule has 0 aromatic heterocycles. The van der Waals surface area contributed by atoms with Gasteiger partial charge in [0.2, 0.25) is 0 Å². The maximum Gasteiger partial charge on any atom is 1.00 e. The Kier molecular flexibility index (Phi) is 61.3. The van der Waals surface area contributed by atoms with Crippen molar-refractivity contribution in [2.45, 2.75) is 244 Å². The third kappa shape index (κ3) is 38.7. The Balaban J connectivity index is -0.000000559. The van der Waals surface area contributed by atoms with Crippen molar-refractivity contribution in [3.8, 4) is 24.3 Å². The van der Waals surface area contributed by atoms with Crippen LogP contribution < -0.4 is 18.9 Å². The first-order valence-corrected chi connectivity index (χ1v) is 36.4. The van der Waals surface area contributed by atoms with E-state index in [-0.39, 0.29) is 113 Å². The Hall–Kier alpha value is -3.75. The average Bonchev–Trinajstić information content (AvgIpc) is 1.74. The minimum absolute atomic E-state index is 0. The molecule has 0 bridgehead atoms. The molecule has 3 aromatic rings. The summed E-state index contributed by atoms with van der Waals surface area (Å²) in [7, 11) is -0.0441. The van der Waals surface area contributed by atoms with Crippen LogP contribution in [0.5, 0.6) is 0 Å². The van der Waals surface area contributed by atoms with Crippen LogP contribution in [0, 0.1) is 63.1 Å². The number of halogens is 1. The van der Waals surface area contributed by atoms with E-state index in [2.05, 4.69) is 107 Å². The number of aliphatic hydroxyl groups is 9. The van der Waals surface area contributed by atoms with Gasteiger partial charge in [-0.05, 0) is 68.9 Å². The van der Waals surface area contributed by atoms with Gasteiger partial charge in [-0.1, -0.05) is 146 Å². The molecule has 26 nitrogen and oxygen atoms in total. The maximum atomic E-state index is 11.3. The van der Waals surface area contributed by atoms with Gasteiger partial charge < -0.3 is 104 Å². The number of benzene rings is 3. The van der Waals surface area contributed by atoms with Crippen LogP contribution in [-0.4, -0.2) is 210 Å². The zero-order valence-electron chi connectivity index (χ0n) is 63.6. The molecule has 0 saturated carbocycles. The fraction of sp³-hybridized carbons (Fsp3) is 0.694. The Morgan fingerprint density at radius 3 is 1.22 bits per heavy atom. The normalized spacial score (nSPS) is 28.5. The number of aliphatic hydroxyl groups excluding tert-OH is 9. The van der Waals surface area contributed by atoms with Crippen LogP contribution in [0.3, 0.4) is 0 Å². The standard InChI is InChI=1S/C16H21NO2.C15H22O3.C14H20O3.C6H12NO3P.C6H12O5.C5H9N.C5H10O5.C4H7NO.CH4S.ClH.Li.H/c1-3-14-12(2)16(15(19-14)9-10-17)18-11-13-7-5-4-6-8-13;1-4-13-11(2)14(15(16-3)18-13)17-10-12-8-6-5-7-9-12;1-3-12-10(2)13(14(15)17-12)16-9-11-7-5-4-6-8-11;1-3-9-11(8,6-5-7)10-4-2;1-10-6-5(9)4(8)3(2-7)11-6;1-2-3-4-5-6;6-1-2-3(7)4(8)5(9)10-2;5-3-1-2-4-6;1-2;;;/h4-8,12,14-16H,3,9,11H2,1-2H3;5-9,11,13-15H,4,10H2,1-3H3;4-8,10,12-15H,3,9H2,1-2H3;3-4,6H2,1-2H3;3-9H,2H2,1H3;2-4H2,1H3;2-9H,1H2;6H,1-2,4H2;2H,1H3;1H;;/q;;;;;;;;;;+1;-1/t12-,14-,15?,16-;11-,13-,14-,15?;10-,12-,13-,14?;;3-,4-,5-,6?;;2-,3-,4-,5?;;;;;/m111.1.1...../s1/i;;;;;;;;1D;;;. The number of hydrogen-bond donors (Lipinski definition) is 10. The second-order valence-electron chi connectivity index (χ2n) is 23.2. The zero-order valence-corrected chi connectivity index (χ0v) is 64.2. The summed E-state index contributed by atoms with van der Waals surface area (Å²) < 4.78 is 81.5. The molecule has 578 valence electrons. The van der Waals surface area contributed by atoms with E-state index in [0.717, 1.165) is 49.7 Å². The Labute approximate surface area is 632 Å². The fourth-order valence-corrected chi connectivity index (χ4v) is 11.7. The van der Waals surface area contributed by atoms with Gasteiger partial charge in [-0.15, -0.1) is 12.4 Å². The SMILES string of the molecule is CCCCC#N.CCOP(=O)(CC#N)OCC.CC[C@H]1OC(CC#N)[C@H](OCc2ccccc2)[C@@H]1C.CC[C@H]1OC(O)[C@H](OCc2ccccc2)[C@@H]1C.CC[C@H]1OC(OC)[C@H](OCc2ccccc2)[C@@H]1C.COC1O[C@H](CO)[C@@H](O)[C@H]1O.Cl.N#CCCCO.OC[C@H]1OC(O)[C@H](O)[C@@H]1O.[2H]CS.[H-].[Li+]. The van der Waals surface area contributed by atoms with Crippen LogP contribution in [-0.2, 0) is 80.8 Å². The molecule has 0 aliphatic carbocycles. The summed E-state index contributed by atoms with van der Waals surface area (Å²) in [5.41, 5.74) is 3.46. The van der Waals surface area contributed by atoms with Crippen LogP contribution in [0.4, 0.5) is 0 Å². The Bertz CT molecular complexity index is 2690. The van der Waals surface area contributed by atoms with Gasteiger partial charge in [0.25, 0.3) is 0 Å². The second-order valence-corrected chi connectivity index (χ2v) is 25.2. The molecule has 3 aromatic carbocycles. The number of nitrogens with zero attached hydrogens (tertiary/aromatic N) is 4. The number of methoxy groups -OCH3 is 2. The van der Waals surface area contributed by atoms with E-state index in [1.807, 2.05) is 72.8 Å². The molecule has 5 aliphatic rings. The smallest absolute Gasteiger partial charge is 1.00 e. The number of ether oxygens (including phenoxy) is 10. The minimum atomic E-state index is -3.08. The largest absolute Gasteiger partial charge is 1.00 e. The molecule has 5 heterocycles. The van der Waals surface area contributed by atoms with E-state index in [0.29, 0.717) is 64.1 Å². The molecule has 9 N–H and O–H groups in total. The fourth-order valence-electron chi connectivity index (χ4n) is 10.5. The molecular weight excluding hydrogens is 1380 g/mol. The van der Waals surface area contributed by atoms with E-state index in [4.69, 9.17) is 110 Å². The van der Waals surface area contributed by atoms with Crippen LogP contribution in [0.1, 0.15) is 140 Å². The topological polar surface area (TPSA) is 405 Å². The molecule has 5 unspecified atom stereocenters. The molecule has 5 aliphatic heterocycles. The Morgan fingerprint density at radius 1 is 0.510 bits per heavy atom. The second kappa shape index (κ2) is 62.3. The van der Waals surface area contributed by atoms with Gasteiger partial charge in [-0.3, -0.25) is 4.57 Å². The summed E-state index contributed by atoms with van der Waals surface area (Å²) in [5, 5.41) is 113. The summed E-state index contributed by atoms with van der Waals surface area (Å²) in [6.07, 6.45) is -1.97. The molecular formula is C72H119ClLiN4O22PS. The van der Waals surface area contributed by atoms with Gasteiger partial charge in [0, 0.05) is 52.8 Å². The van der Waals surface area contributed by atoms with Crippen LogP contribution in [0.15, 0.2) is 91.0 Å². The van der Waals surface area contributed by atoms with Gasteiger partial charge in [0.1, 0.15) is 55.0 Å². The zero-order chi connectivity index (χ0) is 76.1. The molecule has 0 spiro atoms. The summed E-state index contributed by atoms with van der Waals surface area (Å²) in [5.74, 6) is 0.939. The number of rotatable bonds is 26. The number of nitriles is 4. The summed E-state index contributed by atoms with van der Waals surface area (Å²) in [6.45, 7) is 19.9. The van der Waals surface area contributed by atoms with Gasteiger partial charge >= 0.3 is 26.5 Å². The molecule has 8 rings (SSSR count). The van der Waals surface area contributed by atoms with E-state index in [1.165, 1.54) is 12.7 Å². The summed E-state index contributed by atoms with van der Waals surface area (Å²) in [6, 6.07) is 38.2.